The van der Waals surface area contributed by atoms with Crippen molar-refractivity contribution in [2.24, 2.45) is 5.73 Å². The molecule has 1 aliphatic rings. The van der Waals surface area contributed by atoms with Crippen molar-refractivity contribution in [2.45, 2.75) is 5.54 Å². The Hall–Kier alpha value is -0.610. The van der Waals surface area contributed by atoms with Crippen LogP contribution in [0.5, 0.6) is 0 Å². The SMILES string of the molecule is CNC1(C(N)=O)COC1. The molecule has 52 valence electrons. The molecule has 1 fully saturated rings. The summed E-state index contributed by atoms with van der Waals surface area (Å²) in [5, 5.41) is 2.81. The van der Waals surface area contributed by atoms with E-state index in [0.29, 0.717) is 13.2 Å². The van der Waals surface area contributed by atoms with Crippen LogP contribution in [0.3, 0.4) is 0 Å². The van der Waals surface area contributed by atoms with Crippen LogP contribution >= 0.6 is 0 Å². The average molecular weight is 130 g/mol. The Kier molecular flexibility index (Phi) is 1.42. The fourth-order valence-electron chi connectivity index (χ4n) is 0.716. The van der Waals surface area contributed by atoms with E-state index in [2.05, 4.69) is 5.32 Å². The number of amides is 1. The van der Waals surface area contributed by atoms with Crippen LogP contribution in [-0.4, -0.2) is 31.7 Å². The van der Waals surface area contributed by atoms with Gasteiger partial charge < -0.3 is 15.8 Å². The zero-order valence-electron chi connectivity index (χ0n) is 5.31. The van der Waals surface area contributed by atoms with Crippen LogP contribution in [0.2, 0.25) is 0 Å². The van der Waals surface area contributed by atoms with E-state index in [9.17, 15) is 4.79 Å². The molecule has 0 aromatic heterocycles. The smallest absolute Gasteiger partial charge is 0.242 e. The van der Waals surface area contributed by atoms with Gasteiger partial charge in [0.2, 0.25) is 5.91 Å². The third kappa shape index (κ3) is 0.799. The summed E-state index contributed by atoms with van der Waals surface area (Å²) in [4.78, 5) is 10.6. The fraction of sp³-hybridized carbons (Fsp3) is 0.800. The summed E-state index contributed by atoms with van der Waals surface area (Å²) in [6.07, 6.45) is 0. The maximum Gasteiger partial charge on any atom is 0.242 e. The first-order valence-corrected chi connectivity index (χ1v) is 2.78. The number of rotatable bonds is 2. The number of ether oxygens (including phenoxy) is 1. The van der Waals surface area contributed by atoms with Crippen LogP contribution in [0.25, 0.3) is 0 Å². The first kappa shape index (κ1) is 6.51. The first-order valence-electron chi connectivity index (χ1n) is 2.78. The van der Waals surface area contributed by atoms with Gasteiger partial charge in [0.15, 0.2) is 0 Å². The Balaban J connectivity index is 2.57. The molecule has 4 nitrogen and oxygen atoms in total. The van der Waals surface area contributed by atoms with Crippen LogP contribution in [0.15, 0.2) is 0 Å². The highest BCUT2D eigenvalue weighted by Crippen LogP contribution is 2.14. The van der Waals surface area contributed by atoms with Crippen molar-refractivity contribution in [1.29, 1.82) is 0 Å². The second-order valence-electron chi connectivity index (χ2n) is 2.19. The number of hydrogen-bond donors (Lipinski definition) is 2. The average Bonchev–Trinajstić information content (AvgIpc) is 1.62. The summed E-state index contributed by atoms with van der Waals surface area (Å²) < 4.78 is 4.83. The lowest BCUT2D eigenvalue weighted by molar-refractivity contribution is -0.143. The first-order chi connectivity index (χ1) is 4.21. The maximum atomic E-state index is 10.6. The Morgan fingerprint density at radius 2 is 2.33 bits per heavy atom. The number of nitrogens with two attached hydrogens (primary N) is 1. The van der Waals surface area contributed by atoms with E-state index in [1.165, 1.54) is 0 Å². The highest BCUT2D eigenvalue weighted by Gasteiger charge is 2.42. The number of primary amides is 1. The molecule has 3 N–H and O–H groups in total. The number of carbonyl (C=O) groups is 1. The van der Waals surface area contributed by atoms with Gasteiger partial charge in [-0.15, -0.1) is 0 Å². The minimum absolute atomic E-state index is 0.337. The second kappa shape index (κ2) is 1.97. The molecule has 0 atom stereocenters. The van der Waals surface area contributed by atoms with Crippen LogP contribution in [0.1, 0.15) is 0 Å². The topological polar surface area (TPSA) is 64.3 Å². The molecule has 0 aromatic carbocycles. The van der Waals surface area contributed by atoms with Gasteiger partial charge in [-0.05, 0) is 7.05 Å². The lowest BCUT2D eigenvalue weighted by Crippen LogP contribution is -2.66. The highest BCUT2D eigenvalue weighted by molar-refractivity contribution is 5.85. The summed E-state index contributed by atoms with van der Waals surface area (Å²) >= 11 is 0. The normalized spacial score (nSPS) is 22.8. The van der Waals surface area contributed by atoms with Gasteiger partial charge in [0.05, 0.1) is 13.2 Å². The van der Waals surface area contributed by atoms with Gasteiger partial charge in [0, 0.05) is 0 Å². The summed E-state index contributed by atoms with van der Waals surface area (Å²) in [7, 11) is 1.70. The third-order valence-corrected chi connectivity index (χ3v) is 1.65. The Labute approximate surface area is 53.4 Å². The van der Waals surface area contributed by atoms with Gasteiger partial charge in [-0.25, -0.2) is 0 Å². The highest BCUT2D eigenvalue weighted by atomic mass is 16.5. The largest absolute Gasteiger partial charge is 0.376 e. The molecule has 0 aromatic rings. The minimum Gasteiger partial charge on any atom is -0.376 e. The van der Waals surface area contributed by atoms with Gasteiger partial charge in [0.1, 0.15) is 5.54 Å². The molecule has 1 aliphatic heterocycles. The van der Waals surface area contributed by atoms with Crippen LogP contribution in [-0.2, 0) is 9.53 Å². The van der Waals surface area contributed by atoms with Crippen molar-refractivity contribution in [3.05, 3.63) is 0 Å². The standard InChI is InChI=1S/C5H10N2O2/c1-7-5(4(6)8)2-9-3-5/h7H,2-3H2,1H3,(H2,6,8). The van der Waals surface area contributed by atoms with Gasteiger partial charge in [0.25, 0.3) is 0 Å². The zero-order valence-corrected chi connectivity index (χ0v) is 5.31. The van der Waals surface area contributed by atoms with E-state index >= 15 is 0 Å². The molecule has 0 unspecified atom stereocenters. The van der Waals surface area contributed by atoms with Crippen molar-refractivity contribution >= 4 is 5.91 Å². The van der Waals surface area contributed by atoms with E-state index < -0.39 is 5.54 Å². The lowest BCUT2D eigenvalue weighted by atomic mass is 9.97. The molecule has 0 radical (unpaired) electrons. The predicted molar refractivity (Wildman–Crippen MR) is 31.8 cm³/mol. The van der Waals surface area contributed by atoms with Gasteiger partial charge in [-0.3, -0.25) is 4.79 Å². The number of nitrogens with one attached hydrogen (secondary N) is 1. The molecule has 9 heavy (non-hydrogen) atoms. The van der Waals surface area contributed by atoms with Crippen molar-refractivity contribution < 1.29 is 9.53 Å². The van der Waals surface area contributed by atoms with E-state index in [4.69, 9.17) is 10.5 Å². The summed E-state index contributed by atoms with van der Waals surface area (Å²) in [5.74, 6) is -0.337. The molecule has 1 rings (SSSR count). The molecule has 1 amide bonds. The Morgan fingerprint density at radius 3 is 2.33 bits per heavy atom. The summed E-state index contributed by atoms with van der Waals surface area (Å²) in [5.41, 5.74) is 4.49. The third-order valence-electron chi connectivity index (χ3n) is 1.65. The van der Waals surface area contributed by atoms with Crippen molar-refractivity contribution in [3.63, 3.8) is 0 Å². The fourth-order valence-corrected chi connectivity index (χ4v) is 0.716. The van der Waals surface area contributed by atoms with Gasteiger partial charge in [-0.1, -0.05) is 0 Å². The minimum atomic E-state index is -0.569. The number of hydrogen-bond acceptors (Lipinski definition) is 3. The lowest BCUT2D eigenvalue weighted by Gasteiger charge is -2.37. The van der Waals surface area contributed by atoms with Gasteiger partial charge in [-0.2, -0.15) is 0 Å². The van der Waals surface area contributed by atoms with Gasteiger partial charge >= 0.3 is 0 Å². The molecule has 4 heteroatoms. The number of likely N-dealkylation sites (N-methyl/N-ethyl adjacent to an activating group) is 1. The zero-order chi connectivity index (χ0) is 6.91. The predicted octanol–water partition coefficient (Wildman–Crippen LogP) is -1.54. The summed E-state index contributed by atoms with van der Waals surface area (Å²) in [6.45, 7) is 0.803. The van der Waals surface area contributed by atoms with Crippen molar-refractivity contribution in [3.8, 4) is 0 Å². The molecule has 0 spiro atoms. The van der Waals surface area contributed by atoms with Crippen molar-refractivity contribution in [1.82, 2.24) is 5.32 Å². The number of carbonyl (C=O) groups excluding carboxylic acids is 1. The molecule has 1 heterocycles. The van der Waals surface area contributed by atoms with Crippen molar-refractivity contribution in [2.75, 3.05) is 20.3 Å². The van der Waals surface area contributed by atoms with Crippen LogP contribution < -0.4 is 11.1 Å². The monoisotopic (exact) mass is 130 g/mol. The quantitative estimate of drug-likeness (QED) is 0.476. The molecule has 0 aliphatic carbocycles. The second-order valence-corrected chi connectivity index (χ2v) is 2.19. The van der Waals surface area contributed by atoms with Crippen LogP contribution in [0, 0.1) is 0 Å². The van der Waals surface area contributed by atoms with Crippen LogP contribution in [0.4, 0.5) is 0 Å². The molecule has 0 saturated carbocycles. The Bertz CT molecular complexity index is 125. The molecule has 0 bridgehead atoms. The maximum absolute atomic E-state index is 10.6. The van der Waals surface area contributed by atoms with E-state index in [1.54, 1.807) is 7.05 Å². The Morgan fingerprint density at radius 1 is 1.78 bits per heavy atom. The molecule has 1 saturated heterocycles. The van der Waals surface area contributed by atoms with E-state index in [1.807, 2.05) is 0 Å². The molecular weight excluding hydrogens is 120 g/mol. The molecular formula is C5H10N2O2. The van der Waals surface area contributed by atoms with E-state index in [0.717, 1.165) is 0 Å². The summed E-state index contributed by atoms with van der Waals surface area (Å²) in [6, 6.07) is 0. The van der Waals surface area contributed by atoms with E-state index in [-0.39, 0.29) is 5.91 Å².